The van der Waals surface area contributed by atoms with Crippen LogP contribution in [0, 0.1) is 5.92 Å². The standard InChI is InChI=1S/C22H22N4O3/c27-20-14-17(15-26(20)18-10-5-2-6-11-18)22(28)23-13-7-12-19-24-21(25-29-19)16-8-3-1-4-9-16/h1-6,8-11,17H,7,12-15H2,(H,23,28). The van der Waals surface area contributed by atoms with E-state index in [4.69, 9.17) is 4.52 Å². The van der Waals surface area contributed by atoms with E-state index in [0.717, 1.165) is 11.3 Å². The summed E-state index contributed by atoms with van der Waals surface area (Å²) in [6.07, 6.45) is 1.51. The molecule has 1 aliphatic heterocycles. The maximum Gasteiger partial charge on any atom is 0.227 e. The van der Waals surface area contributed by atoms with Gasteiger partial charge in [0, 0.05) is 37.2 Å². The van der Waals surface area contributed by atoms with Crippen LogP contribution in [0.3, 0.4) is 0 Å². The molecule has 1 atom stereocenters. The smallest absolute Gasteiger partial charge is 0.227 e. The lowest BCUT2D eigenvalue weighted by Crippen LogP contribution is -2.33. The summed E-state index contributed by atoms with van der Waals surface area (Å²) in [7, 11) is 0. The number of hydrogen-bond donors (Lipinski definition) is 1. The first-order valence-electron chi connectivity index (χ1n) is 9.72. The largest absolute Gasteiger partial charge is 0.356 e. The number of hydrogen-bond acceptors (Lipinski definition) is 5. The van der Waals surface area contributed by atoms with Gasteiger partial charge in [0.15, 0.2) is 0 Å². The van der Waals surface area contributed by atoms with Crippen LogP contribution in [-0.2, 0) is 16.0 Å². The van der Waals surface area contributed by atoms with Gasteiger partial charge in [0.2, 0.25) is 23.5 Å². The molecule has 4 rings (SSSR count). The van der Waals surface area contributed by atoms with Gasteiger partial charge in [-0.3, -0.25) is 9.59 Å². The quantitative estimate of drug-likeness (QED) is 0.627. The van der Waals surface area contributed by atoms with Crippen molar-refractivity contribution in [3.63, 3.8) is 0 Å². The maximum atomic E-state index is 12.4. The average molecular weight is 390 g/mol. The van der Waals surface area contributed by atoms with Crippen LogP contribution in [0.5, 0.6) is 0 Å². The Kier molecular flexibility index (Phi) is 5.65. The highest BCUT2D eigenvalue weighted by Crippen LogP contribution is 2.24. The molecule has 0 saturated carbocycles. The summed E-state index contributed by atoms with van der Waals surface area (Å²) >= 11 is 0. The third-order valence-electron chi connectivity index (χ3n) is 4.93. The molecule has 0 spiro atoms. The fraction of sp³-hybridized carbons (Fsp3) is 0.273. The van der Waals surface area contributed by atoms with Crippen molar-refractivity contribution in [2.45, 2.75) is 19.3 Å². The summed E-state index contributed by atoms with van der Waals surface area (Å²) in [4.78, 5) is 30.7. The fourth-order valence-corrected chi connectivity index (χ4v) is 3.40. The number of aromatic nitrogens is 2. The number of carbonyl (C=O) groups is 2. The van der Waals surface area contributed by atoms with Gasteiger partial charge in [-0.1, -0.05) is 53.7 Å². The van der Waals surface area contributed by atoms with Crippen molar-refractivity contribution in [2.75, 3.05) is 18.0 Å². The van der Waals surface area contributed by atoms with Gasteiger partial charge < -0.3 is 14.7 Å². The van der Waals surface area contributed by atoms with Crippen LogP contribution in [0.25, 0.3) is 11.4 Å². The van der Waals surface area contributed by atoms with Crippen molar-refractivity contribution in [2.24, 2.45) is 5.92 Å². The Balaban J connectivity index is 1.23. The van der Waals surface area contributed by atoms with E-state index >= 15 is 0 Å². The minimum atomic E-state index is -0.323. The Bertz CT molecular complexity index is 972. The number of para-hydroxylation sites is 1. The Morgan fingerprint density at radius 2 is 1.83 bits per heavy atom. The van der Waals surface area contributed by atoms with Crippen molar-refractivity contribution < 1.29 is 14.1 Å². The lowest BCUT2D eigenvalue weighted by Gasteiger charge is -2.16. The van der Waals surface area contributed by atoms with Crippen LogP contribution < -0.4 is 10.2 Å². The molecule has 1 aliphatic rings. The van der Waals surface area contributed by atoms with Gasteiger partial charge in [-0.25, -0.2) is 0 Å². The zero-order valence-corrected chi connectivity index (χ0v) is 16.0. The summed E-state index contributed by atoms with van der Waals surface area (Å²) < 4.78 is 5.28. The molecule has 0 bridgehead atoms. The summed E-state index contributed by atoms with van der Waals surface area (Å²) in [6, 6.07) is 19.1. The van der Waals surface area contributed by atoms with Crippen LogP contribution in [0.1, 0.15) is 18.7 Å². The minimum absolute atomic E-state index is 0.0179. The monoisotopic (exact) mass is 390 g/mol. The second kappa shape index (κ2) is 8.68. The van der Waals surface area contributed by atoms with Gasteiger partial charge in [0.25, 0.3) is 0 Å². The molecule has 7 nitrogen and oxygen atoms in total. The third kappa shape index (κ3) is 4.51. The number of anilines is 1. The van der Waals surface area contributed by atoms with Gasteiger partial charge in [-0.15, -0.1) is 0 Å². The maximum absolute atomic E-state index is 12.4. The minimum Gasteiger partial charge on any atom is -0.356 e. The fourth-order valence-electron chi connectivity index (χ4n) is 3.40. The molecule has 1 aromatic heterocycles. The van der Waals surface area contributed by atoms with Crippen molar-refractivity contribution in [3.05, 3.63) is 66.6 Å². The van der Waals surface area contributed by atoms with Crippen LogP contribution in [0.15, 0.2) is 65.2 Å². The predicted octanol–water partition coefficient (Wildman–Crippen LogP) is 2.84. The Morgan fingerprint density at radius 1 is 1.10 bits per heavy atom. The first-order chi connectivity index (χ1) is 14.2. The molecular formula is C22H22N4O3. The van der Waals surface area contributed by atoms with Crippen molar-refractivity contribution in [1.82, 2.24) is 15.5 Å². The molecule has 1 saturated heterocycles. The van der Waals surface area contributed by atoms with Crippen LogP contribution >= 0.6 is 0 Å². The molecule has 2 heterocycles. The predicted molar refractivity (Wildman–Crippen MR) is 108 cm³/mol. The number of amides is 2. The molecule has 1 fully saturated rings. The number of aryl methyl sites for hydroxylation is 1. The van der Waals surface area contributed by atoms with Crippen LogP contribution in [0.4, 0.5) is 5.69 Å². The number of nitrogens with zero attached hydrogens (tertiary/aromatic N) is 3. The van der Waals surface area contributed by atoms with Gasteiger partial charge >= 0.3 is 0 Å². The van der Waals surface area contributed by atoms with E-state index in [1.807, 2.05) is 60.7 Å². The van der Waals surface area contributed by atoms with Gasteiger partial charge in [0.1, 0.15) is 0 Å². The first kappa shape index (κ1) is 18.9. The third-order valence-corrected chi connectivity index (χ3v) is 4.93. The molecule has 0 aliphatic carbocycles. The molecule has 7 heteroatoms. The topological polar surface area (TPSA) is 88.3 Å². The number of carbonyl (C=O) groups excluding carboxylic acids is 2. The number of rotatable bonds is 7. The van der Waals surface area contributed by atoms with E-state index in [1.54, 1.807) is 4.90 Å². The summed E-state index contributed by atoms with van der Waals surface area (Å²) in [5.41, 5.74) is 1.74. The van der Waals surface area contributed by atoms with Crippen LogP contribution in [-0.4, -0.2) is 35.0 Å². The molecular weight excluding hydrogens is 368 g/mol. The van der Waals surface area contributed by atoms with Gasteiger partial charge in [-0.05, 0) is 18.6 Å². The molecule has 29 heavy (non-hydrogen) atoms. The number of benzene rings is 2. The van der Waals surface area contributed by atoms with Gasteiger partial charge in [-0.2, -0.15) is 4.98 Å². The summed E-state index contributed by atoms with van der Waals surface area (Å²) in [5.74, 6) is 0.679. The second-order valence-electron chi connectivity index (χ2n) is 7.01. The molecule has 2 amide bonds. The molecule has 2 aromatic carbocycles. The van der Waals surface area contributed by atoms with E-state index in [2.05, 4.69) is 15.5 Å². The molecule has 0 radical (unpaired) electrons. The van der Waals surface area contributed by atoms with E-state index in [-0.39, 0.29) is 24.2 Å². The number of nitrogens with one attached hydrogen (secondary N) is 1. The normalized spacial score (nSPS) is 16.2. The Labute approximate surface area is 168 Å². The lowest BCUT2D eigenvalue weighted by molar-refractivity contribution is -0.126. The van der Waals surface area contributed by atoms with Crippen LogP contribution in [0.2, 0.25) is 0 Å². The summed E-state index contributed by atoms with van der Waals surface area (Å²) in [5, 5.41) is 6.91. The lowest BCUT2D eigenvalue weighted by atomic mass is 10.1. The Hall–Kier alpha value is -3.48. The van der Waals surface area contributed by atoms with E-state index in [9.17, 15) is 9.59 Å². The zero-order chi connectivity index (χ0) is 20.1. The molecule has 1 unspecified atom stereocenters. The van der Waals surface area contributed by atoms with Crippen molar-refractivity contribution >= 4 is 17.5 Å². The van der Waals surface area contributed by atoms with Crippen molar-refractivity contribution in [3.8, 4) is 11.4 Å². The highest BCUT2D eigenvalue weighted by atomic mass is 16.5. The molecule has 148 valence electrons. The zero-order valence-electron chi connectivity index (χ0n) is 16.0. The van der Waals surface area contributed by atoms with Crippen molar-refractivity contribution in [1.29, 1.82) is 0 Å². The van der Waals surface area contributed by atoms with Gasteiger partial charge in [0.05, 0.1) is 5.92 Å². The molecule has 3 aromatic rings. The van der Waals surface area contributed by atoms with E-state index < -0.39 is 0 Å². The highest BCUT2D eigenvalue weighted by molar-refractivity contribution is 6.00. The summed E-state index contributed by atoms with van der Waals surface area (Å²) in [6.45, 7) is 0.913. The Morgan fingerprint density at radius 3 is 2.59 bits per heavy atom. The molecule has 1 N–H and O–H groups in total. The first-order valence-corrected chi connectivity index (χ1v) is 9.72. The van der Waals surface area contributed by atoms with E-state index in [0.29, 0.717) is 37.6 Å². The highest BCUT2D eigenvalue weighted by Gasteiger charge is 2.34. The second-order valence-corrected chi connectivity index (χ2v) is 7.01. The SMILES string of the molecule is O=C(NCCCc1nc(-c2ccccc2)no1)C1CC(=O)N(c2ccccc2)C1. The van der Waals surface area contributed by atoms with E-state index in [1.165, 1.54) is 0 Å². The average Bonchev–Trinajstić information content (AvgIpc) is 3.39.